The molecule has 0 fully saturated rings. The van der Waals surface area contributed by atoms with Crippen molar-refractivity contribution < 1.29 is 14.7 Å². The first kappa shape index (κ1) is 10.5. The van der Waals surface area contributed by atoms with Gasteiger partial charge in [0.25, 0.3) is 5.91 Å². The second-order valence-electron chi connectivity index (χ2n) is 3.81. The molecule has 2 rings (SSSR count). The number of carbonyl (C=O) groups excluding carboxylic acids is 2. The third-order valence-corrected chi connectivity index (χ3v) is 2.68. The van der Waals surface area contributed by atoms with E-state index in [1.165, 1.54) is 19.2 Å². The van der Waals surface area contributed by atoms with E-state index in [2.05, 4.69) is 5.32 Å². The Morgan fingerprint density at radius 2 is 2.06 bits per heavy atom. The van der Waals surface area contributed by atoms with Gasteiger partial charge in [-0.25, -0.2) is 4.79 Å². The fourth-order valence-electron chi connectivity index (χ4n) is 1.74. The maximum atomic E-state index is 11.9. The quantitative estimate of drug-likeness (QED) is 0.691. The van der Waals surface area contributed by atoms with Crippen LogP contribution in [0.4, 0.5) is 4.79 Å². The third-order valence-electron chi connectivity index (χ3n) is 2.68. The van der Waals surface area contributed by atoms with Crippen LogP contribution in [0, 0.1) is 0 Å². The minimum Gasteiger partial charge on any atom is -0.508 e. The van der Waals surface area contributed by atoms with Crippen LogP contribution >= 0.6 is 0 Å². The van der Waals surface area contributed by atoms with Crippen molar-refractivity contribution in [3.05, 3.63) is 29.3 Å². The number of nitrogens with zero attached hydrogens (tertiary/aromatic N) is 1. The van der Waals surface area contributed by atoms with Crippen molar-refractivity contribution in [1.29, 1.82) is 0 Å². The molecule has 84 valence electrons. The largest absolute Gasteiger partial charge is 0.508 e. The van der Waals surface area contributed by atoms with Crippen LogP contribution in [-0.4, -0.2) is 29.0 Å². The van der Waals surface area contributed by atoms with Gasteiger partial charge in [0.2, 0.25) is 0 Å². The molecule has 16 heavy (non-hydrogen) atoms. The number of phenols is 1. The smallest absolute Gasteiger partial charge is 0.324 e. The molecule has 2 N–H and O–H groups in total. The molecule has 1 heterocycles. The zero-order valence-corrected chi connectivity index (χ0v) is 9.02. The normalized spacial score (nSPS) is 20.1. The van der Waals surface area contributed by atoms with Crippen molar-refractivity contribution in [2.24, 2.45) is 0 Å². The van der Waals surface area contributed by atoms with Crippen molar-refractivity contribution in [3.8, 4) is 5.75 Å². The summed E-state index contributed by atoms with van der Waals surface area (Å²) in [7, 11) is 1.41. The maximum absolute atomic E-state index is 11.9. The van der Waals surface area contributed by atoms with E-state index in [-0.39, 0.29) is 11.8 Å². The van der Waals surface area contributed by atoms with Crippen LogP contribution in [0.3, 0.4) is 0 Å². The zero-order chi connectivity index (χ0) is 11.9. The Morgan fingerprint density at radius 3 is 2.75 bits per heavy atom. The monoisotopic (exact) mass is 220 g/mol. The molecule has 5 nitrogen and oxygen atoms in total. The summed E-state index contributed by atoms with van der Waals surface area (Å²) in [6.07, 6.45) is 0. The Hall–Kier alpha value is -2.04. The molecule has 0 saturated carbocycles. The van der Waals surface area contributed by atoms with Crippen molar-refractivity contribution in [2.75, 3.05) is 7.05 Å². The molecule has 1 atom stereocenters. The summed E-state index contributed by atoms with van der Waals surface area (Å²) < 4.78 is 0. The van der Waals surface area contributed by atoms with Crippen molar-refractivity contribution >= 4 is 11.9 Å². The van der Waals surface area contributed by atoms with Crippen LogP contribution < -0.4 is 5.32 Å². The van der Waals surface area contributed by atoms with Gasteiger partial charge in [-0.2, -0.15) is 0 Å². The fraction of sp³-hybridized carbons (Fsp3) is 0.273. The number of hydrogen-bond acceptors (Lipinski definition) is 3. The average Bonchev–Trinajstić information content (AvgIpc) is 2.32. The minimum absolute atomic E-state index is 0.0158. The van der Waals surface area contributed by atoms with Crippen LogP contribution in [0.5, 0.6) is 5.75 Å². The molecule has 1 unspecified atom stereocenters. The number of benzene rings is 1. The lowest BCUT2D eigenvalue weighted by Crippen LogP contribution is -2.38. The molecular formula is C11H12N2O3. The van der Waals surface area contributed by atoms with E-state index < -0.39 is 11.9 Å². The number of amides is 3. The lowest BCUT2D eigenvalue weighted by atomic mass is 10.0. The first-order valence-corrected chi connectivity index (χ1v) is 4.92. The SMILES string of the molecule is CC1NC(=O)N(C)C(=O)c2cc(O)ccc21. The highest BCUT2D eigenvalue weighted by molar-refractivity contribution is 6.06. The van der Waals surface area contributed by atoms with E-state index in [1.807, 2.05) is 0 Å². The Labute approximate surface area is 92.7 Å². The Bertz CT molecular complexity index is 470. The lowest BCUT2D eigenvalue weighted by Gasteiger charge is -2.13. The molecule has 1 aliphatic rings. The summed E-state index contributed by atoms with van der Waals surface area (Å²) in [5.41, 5.74) is 1.06. The van der Waals surface area contributed by atoms with Crippen molar-refractivity contribution in [1.82, 2.24) is 10.2 Å². The van der Waals surface area contributed by atoms with Crippen LogP contribution in [0.2, 0.25) is 0 Å². The summed E-state index contributed by atoms with van der Waals surface area (Å²) in [5, 5.41) is 12.0. The second kappa shape index (κ2) is 3.52. The van der Waals surface area contributed by atoms with E-state index >= 15 is 0 Å². The maximum Gasteiger partial charge on any atom is 0.324 e. The Morgan fingerprint density at radius 1 is 1.38 bits per heavy atom. The molecule has 0 radical (unpaired) electrons. The average molecular weight is 220 g/mol. The molecule has 0 aromatic heterocycles. The lowest BCUT2D eigenvalue weighted by molar-refractivity contribution is 0.0835. The molecular weight excluding hydrogens is 208 g/mol. The van der Waals surface area contributed by atoms with E-state index in [1.54, 1.807) is 13.0 Å². The van der Waals surface area contributed by atoms with Gasteiger partial charge in [0, 0.05) is 12.6 Å². The van der Waals surface area contributed by atoms with Gasteiger partial charge in [-0.05, 0) is 24.6 Å². The molecule has 1 aromatic carbocycles. The van der Waals surface area contributed by atoms with Gasteiger partial charge in [0.1, 0.15) is 5.75 Å². The standard InChI is InChI=1S/C11H12N2O3/c1-6-8-4-3-7(14)5-9(8)10(15)13(2)11(16)12-6/h3-6,14H,1-2H3,(H,12,16). The van der Waals surface area contributed by atoms with Gasteiger partial charge in [0.15, 0.2) is 0 Å². The van der Waals surface area contributed by atoms with Gasteiger partial charge in [-0.1, -0.05) is 6.07 Å². The number of aromatic hydroxyl groups is 1. The zero-order valence-electron chi connectivity index (χ0n) is 9.02. The summed E-state index contributed by atoms with van der Waals surface area (Å²) in [6, 6.07) is 3.84. The van der Waals surface area contributed by atoms with Gasteiger partial charge < -0.3 is 10.4 Å². The molecule has 1 aromatic rings. The summed E-state index contributed by atoms with van der Waals surface area (Å²) in [5.74, 6) is -0.394. The molecule has 5 heteroatoms. The predicted octanol–water partition coefficient (Wildman–Crippen LogP) is 1.25. The van der Waals surface area contributed by atoms with Crippen LogP contribution in [0.15, 0.2) is 18.2 Å². The summed E-state index contributed by atoms with van der Waals surface area (Å²) >= 11 is 0. The van der Waals surface area contributed by atoms with E-state index in [0.29, 0.717) is 11.1 Å². The van der Waals surface area contributed by atoms with Gasteiger partial charge in [-0.15, -0.1) is 0 Å². The highest BCUT2D eigenvalue weighted by Crippen LogP contribution is 2.25. The van der Waals surface area contributed by atoms with E-state index in [4.69, 9.17) is 0 Å². The van der Waals surface area contributed by atoms with Gasteiger partial charge >= 0.3 is 6.03 Å². The van der Waals surface area contributed by atoms with E-state index in [0.717, 1.165) is 4.90 Å². The first-order valence-electron chi connectivity index (χ1n) is 4.92. The Kier molecular flexibility index (Phi) is 2.30. The van der Waals surface area contributed by atoms with Gasteiger partial charge in [-0.3, -0.25) is 9.69 Å². The minimum atomic E-state index is -0.437. The van der Waals surface area contributed by atoms with Crippen LogP contribution in [0.1, 0.15) is 28.9 Å². The topological polar surface area (TPSA) is 69.6 Å². The predicted molar refractivity (Wildman–Crippen MR) is 57.1 cm³/mol. The highest BCUT2D eigenvalue weighted by atomic mass is 16.3. The number of urea groups is 1. The number of phenolic OH excluding ortho intramolecular Hbond substituents is 1. The number of nitrogens with one attached hydrogen (secondary N) is 1. The van der Waals surface area contributed by atoms with Crippen LogP contribution in [0.25, 0.3) is 0 Å². The Balaban J connectivity index is 2.60. The molecule has 3 amide bonds. The number of hydrogen-bond donors (Lipinski definition) is 2. The third kappa shape index (κ3) is 1.50. The number of rotatable bonds is 0. The number of imide groups is 1. The van der Waals surface area contributed by atoms with E-state index in [9.17, 15) is 14.7 Å². The second-order valence-corrected chi connectivity index (χ2v) is 3.81. The molecule has 0 saturated heterocycles. The highest BCUT2D eigenvalue weighted by Gasteiger charge is 2.28. The van der Waals surface area contributed by atoms with Gasteiger partial charge in [0.05, 0.1) is 6.04 Å². The number of carbonyl (C=O) groups is 2. The summed E-state index contributed by atoms with van der Waals surface area (Å²) in [4.78, 5) is 24.4. The molecule has 1 aliphatic heterocycles. The van der Waals surface area contributed by atoms with Crippen molar-refractivity contribution in [3.63, 3.8) is 0 Å². The number of fused-ring (bicyclic) bond motifs is 1. The molecule has 0 bridgehead atoms. The molecule has 0 aliphatic carbocycles. The fourth-order valence-corrected chi connectivity index (χ4v) is 1.74. The van der Waals surface area contributed by atoms with Crippen LogP contribution in [-0.2, 0) is 0 Å². The summed E-state index contributed by atoms with van der Waals surface area (Å²) in [6.45, 7) is 1.79. The van der Waals surface area contributed by atoms with Crippen molar-refractivity contribution in [2.45, 2.75) is 13.0 Å². The molecule has 0 spiro atoms. The first-order chi connectivity index (χ1) is 7.50.